The van der Waals surface area contributed by atoms with Gasteiger partial charge in [-0.15, -0.1) is 0 Å². The molecule has 5 rings (SSSR count). The molecule has 1 saturated carbocycles. The number of carbonyl (C=O) groups is 1. The molecule has 0 radical (unpaired) electrons. The Labute approximate surface area is 189 Å². The third-order valence-electron chi connectivity index (χ3n) is 7.72. The average Bonchev–Trinajstić information content (AvgIpc) is 3.15. The molecule has 2 unspecified atom stereocenters. The molecule has 1 aliphatic carbocycles. The van der Waals surface area contributed by atoms with E-state index in [2.05, 4.69) is 53.6 Å². The molecule has 2 aromatic carbocycles. The lowest BCUT2D eigenvalue weighted by atomic mass is 9.68. The minimum absolute atomic E-state index is 0.147. The van der Waals surface area contributed by atoms with Crippen molar-refractivity contribution in [3.05, 3.63) is 71.2 Å². The van der Waals surface area contributed by atoms with E-state index in [0.717, 1.165) is 43.2 Å². The highest BCUT2D eigenvalue weighted by atomic mass is 19.1. The summed E-state index contributed by atoms with van der Waals surface area (Å²) in [5.74, 6) is 0.459. The molecule has 4 nitrogen and oxygen atoms in total. The largest absolute Gasteiger partial charge is 0.357 e. The minimum atomic E-state index is -0.210. The van der Waals surface area contributed by atoms with Crippen molar-refractivity contribution < 1.29 is 9.18 Å². The lowest BCUT2D eigenvalue weighted by Crippen LogP contribution is -2.57. The van der Waals surface area contributed by atoms with Gasteiger partial charge >= 0.3 is 0 Å². The second kappa shape index (κ2) is 8.13. The van der Waals surface area contributed by atoms with Gasteiger partial charge in [-0.1, -0.05) is 30.3 Å². The summed E-state index contributed by atoms with van der Waals surface area (Å²) < 4.78 is 14.0. The standard InChI is InChI=1S/C27H32FN3O/c1-17(32)24-16-22-21-9-4-5-10-23(21)29-26(22)27(30-24)13-11-18(12-14-27)25(31(2)3)19-7-6-8-20(28)15-19/h4-10,15,18,24-25,29-30H,11-14,16H2,1-3H3. The molecule has 168 valence electrons. The summed E-state index contributed by atoms with van der Waals surface area (Å²) >= 11 is 0. The number of carbonyl (C=O) groups excluding carboxylic acids is 1. The van der Waals surface area contributed by atoms with Gasteiger partial charge in [0, 0.05) is 22.6 Å². The molecule has 2 N–H and O–H groups in total. The van der Waals surface area contributed by atoms with Crippen LogP contribution in [-0.2, 0) is 16.8 Å². The number of ketones is 1. The molecule has 3 aromatic rings. The van der Waals surface area contributed by atoms with Crippen LogP contribution >= 0.6 is 0 Å². The molecule has 2 heterocycles. The number of H-pyrrole nitrogens is 1. The molecule has 1 fully saturated rings. The zero-order valence-corrected chi connectivity index (χ0v) is 19.1. The maximum absolute atomic E-state index is 14.0. The summed E-state index contributed by atoms with van der Waals surface area (Å²) in [6.45, 7) is 1.70. The molecule has 5 heteroatoms. The van der Waals surface area contributed by atoms with Gasteiger partial charge < -0.3 is 9.88 Å². The normalized spacial score (nSPS) is 26.4. The van der Waals surface area contributed by atoms with Gasteiger partial charge in [0.15, 0.2) is 0 Å². The van der Waals surface area contributed by atoms with Crippen LogP contribution in [0.5, 0.6) is 0 Å². The Balaban J connectivity index is 1.48. The molecule has 1 aliphatic heterocycles. The van der Waals surface area contributed by atoms with Crippen molar-refractivity contribution in [1.29, 1.82) is 0 Å². The number of benzene rings is 2. The van der Waals surface area contributed by atoms with E-state index < -0.39 is 0 Å². The first kappa shape index (κ1) is 21.4. The number of nitrogens with one attached hydrogen (secondary N) is 2. The fourth-order valence-corrected chi connectivity index (χ4v) is 6.25. The molecule has 0 bridgehead atoms. The summed E-state index contributed by atoms with van der Waals surface area (Å²) in [6.07, 6.45) is 4.70. The van der Waals surface area contributed by atoms with Gasteiger partial charge in [-0.2, -0.15) is 0 Å². The molecule has 1 aromatic heterocycles. The third kappa shape index (κ3) is 3.57. The first-order chi connectivity index (χ1) is 15.4. The zero-order chi connectivity index (χ0) is 22.5. The predicted molar refractivity (Wildman–Crippen MR) is 126 cm³/mol. The van der Waals surface area contributed by atoms with E-state index >= 15 is 0 Å². The van der Waals surface area contributed by atoms with Gasteiger partial charge in [-0.3, -0.25) is 10.1 Å². The van der Waals surface area contributed by atoms with Gasteiger partial charge in [0.25, 0.3) is 0 Å². The number of hydrogen-bond acceptors (Lipinski definition) is 3. The SMILES string of the molecule is CC(=O)C1Cc2c([nH]c3ccccc23)C2(CCC(C(c3cccc(F)c3)N(C)C)CC2)N1. The monoisotopic (exact) mass is 433 g/mol. The highest BCUT2D eigenvalue weighted by Gasteiger charge is 2.46. The minimum Gasteiger partial charge on any atom is -0.357 e. The van der Waals surface area contributed by atoms with Crippen LogP contribution in [0.2, 0.25) is 0 Å². The molecular formula is C27H32FN3O. The van der Waals surface area contributed by atoms with Crippen molar-refractivity contribution in [1.82, 2.24) is 15.2 Å². The number of rotatable bonds is 4. The first-order valence-corrected chi connectivity index (χ1v) is 11.7. The van der Waals surface area contributed by atoms with Crippen molar-refractivity contribution >= 4 is 16.7 Å². The van der Waals surface area contributed by atoms with Crippen LogP contribution in [0.4, 0.5) is 4.39 Å². The zero-order valence-electron chi connectivity index (χ0n) is 19.1. The van der Waals surface area contributed by atoms with Crippen molar-refractivity contribution in [2.45, 2.75) is 56.7 Å². The highest BCUT2D eigenvalue weighted by Crippen LogP contribution is 2.48. The van der Waals surface area contributed by atoms with Gasteiger partial charge in [-0.05, 0) is 88.4 Å². The maximum atomic E-state index is 14.0. The Bertz CT molecular complexity index is 1140. The topological polar surface area (TPSA) is 48.1 Å². The van der Waals surface area contributed by atoms with Crippen LogP contribution in [-0.4, -0.2) is 35.8 Å². The molecule has 2 atom stereocenters. The van der Waals surface area contributed by atoms with Crippen LogP contribution in [0.15, 0.2) is 48.5 Å². The number of aromatic amines is 1. The predicted octanol–water partition coefficient (Wildman–Crippen LogP) is 5.10. The summed E-state index contributed by atoms with van der Waals surface area (Å²) in [7, 11) is 4.17. The smallest absolute Gasteiger partial charge is 0.147 e. The number of halogens is 1. The average molecular weight is 434 g/mol. The molecule has 0 amide bonds. The number of nitrogens with zero attached hydrogens (tertiary/aromatic N) is 1. The molecule has 2 aliphatic rings. The Kier molecular flexibility index (Phi) is 5.42. The fraction of sp³-hybridized carbons (Fsp3) is 0.444. The van der Waals surface area contributed by atoms with E-state index in [9.17, 15) is 9.18 Å². The van der Waals surface area contributed by atoms with E-state index in [4.69, 9.17) is 0 Å². The Morgan fingerprint density at radius 2 is 1.88 bits per heavy atom. The van der Waals surface area contributed by atoms with Crippen LogP contribution in [0.3, 0.4) is 0 Å². The number of hydrogen-bond donors (Lipinski definition) is 2. The van der Waals surface area contributed by atoms with E-state index in [-0.39, 0.29) is 29.2 Å². The number of aromatic nitrogens is 1. The van der Waals surface area contributed by atoms with E-state index in [0.29, 0.717) is 5.92 Å². The number of para-hydroxylation sites is 1. The quantitative estimate of drug-likeness (QED) is 0.602. The lowest BCUT2D eigenvalue weighted by Gasteiger charge is -2.48. The molecular weight excluding hydrogens is 401 g/mol. The Morgan fingerprint density at radius 1 is 1.12 bits per heavy atom. The molecule has 1 spiro atoms. The second-order valence-electron chi connectivity index (χ2n) is 9.92. The van der Waals surface area contributed by atoms with Crippen molar-refractivity contribution in [3.63, 3.8) is 0 Å². The summed E-state index contributed by atoms with van der Waals surface area (Å²) in [4.78, 5) is 18.4. The van der Waals surface area contributed by atoms with E-state index in [1.165, 1.54) is 22.7 Å². The van der Waals surface area contributed by atoms with Crippen LogP contribution in [0, 0.1) is 11.7 Å². The van der Waals surface area contributed by atoms with E-state index in [1.807, 2.05) is 12.1 Å². The molecule has 32 heavy (non-hydrogen) atoms. The van der Waals surface area contributed by atoms with E-state index in [1.54, 1.807) is 13.0 Å². The second-order valence-corrected chi connectivity index (χ2v) is 9.92. The number of Topliss-reactive ketones (excluding diaryl/α,β-unsaturated/α-hetero) is 1. The number of fused-ring (bicyclic) bond motifs is 4. The summed E-state index contributed by atoms with van der Waals surface area (Å²) in [6, 6.07) is 15.5. The van der Waals surface area contributed by atoms with Gasteiger partial charge in [0.1, 0.15) is 11.6 Å². The first-order valence-electron chi connectivity index (χ1n) is 11.7. The Hall–Kier alpha value is -2.50. The van der Waals surface area contributed by atoms with Crippen molar-refractivity contribution in [3.8, 4) is 0 Å². The van der Waals surface area contributed by atoms with Crippen LogP contribution in [0.25, 0.3) is 10.9 Å². The van der Waals surface area contributed by atoms with Gasteiger partial charge in [0.2, 0.25) is 0 Å². The maximum Gasteiger partial charge on any atom is 0.147 e. The van der Waals surface area contributed by atoms with Crippen molar-refractivity contribution in [2.24, 2.45) is 5.92 Å². The fourth-order valence-electron chi connectivity index (χ4n) is 6.25. The van der Waals surface area contributed by atoms with Gasteiger partial charge in [0.05, 0.1) is 11.6 Å². The van der Waals surface area contributed by atoms with Crippen LogP contribution in [0.1, 0.15) is 55.5 Å². The summed E-state index contributed by atoms with van der Waals surface area (Å²) in [5.41, 5.74) is 4.55. The van der Waals surface area contributed by atoms with Crippen molar-refractivity contribution in [2.75, 3.05) is 14.1 Å². The lowest BCUT2D eigenvalue weighted by molar-refractivity contribution is -0.120. The Morgan fingerprint density at radius 3 is 2.56 bits per heavy atom. The summed E-state index contributed by atoms with van der Waals surface area (Å²) in [5, 5.41) is 5.01. The van der Waals surface area contributed by atoms with Gasteiger partial charge in [-0.25, -0.2) is 4.39 Å². The van der Waals surface area contributed by atoms with Crippen LogP contribution < -0.4 is 5.32 Å². The highest BCUT2D eigenvalue weighted by molar-refractivity contribution is 5.88. The molecule has 0 saturated heterocycles. The third-order valence-corrected chi connectivity index (χ3v) is 7.72.